The third kappa shape index (κ3) is 39.7. The van der Waals surface area contributed by atoms with Gasteiger partial charge < -0.3 is 68.5 Å². The first-order chi connectivity index (χ1) is 42.4. The second kappa shape index (κ2) is 51.6. The third-order valence-electron chi connectivity index (χ3n) is 16.6. The molecule has 11 unspecified atom stereocenters. The highest BCUT2D eigenvalue weighted by atomic mass is 31.2. The number of aliphatic hydroxyl groups excluding tert-OH is 1. The lowest BCUT2D eigenvalue weighted by atomic mass is 9.95. The molecule has 23 heteroatoms. The van der Waals surface area contributed by atoms with E-state index in [0.29, 0.717) is 25.7 Å². The van der Waals surface area contributed by atoms with Gasteiger partial charge in [0, 0.05) is 40.3 Å². The molecule has 0 aromatic carbocycles. The van der Waals surface area contributed by atoms with E-state index in [-0.39, 0.29) is 44.5 Å². The van der Waals surface area contributed by atoms with E-state index in [0.717, 1.165) is 154 Å². The largest absolute Gasteiger partial charge is 0.472 e. The van der Waals surface area contributed by atoms with E-state index in [1.165, 1.54) is 58.5 Å². The smallest absolute Gasteiger partial charge is 0.388 e. The lowest BCUT2D eigenvalue weighted by Crippen LogP contribution is -2.67. The average Bonchev–Trinajstić information content (AvgIpc) is 1.70. The highest BCUT2D eigenvalue weighted by molar-refractivity contribution is 7.46. The standard InChI is InChI=1S/C65H124N2O19P2/c1-7-11-15-19-22-25-26-27-28-29-31-33-37-41-45-56(69)66-59-63(81-48-46-53(79-6)44-40-35-18-14-10-4)61(85-87(72,73)74)55(50-78-5)84-64(59)82-51-54-60(71)62(80-47-42-38-34-24-21-17-13-9-3)58(65(83-54)86-88(75,76)77)67-57(70)49-52(68)43-39-36-32-30-23-20-16-12-8-2/h25-26,53-55,58-65,71H,7-24,27-51H2,1-6H3,(H,66,69)(H,67,70)(H2,72,73,74)(H2,75,76,77)/b26-25+. The highest BCUT2D eigenvalue weighted by Crippen LogP contribution is 2.44. The Bertz CT molecular complexity index is 1880. The van der Waals surface area contributed by atoms with Gasteiger partial charge in [-0.05, 0) is 57.8 Å². The molecule has 2 amide bonds. The molecule has 0 aromatic heterocycles. The Hall–Kier alpha value is -1.75. The fourth-order valence-corrected chi connectivity index (χ4v) is 12.5. The first-order valence-corrected chi connectivity index (χ1v) is 37.6. The van der Waals surface area contributed by atoms with Crippen molar-refractivity contribution >= 4 is 33.2 Å². The number of ether oxygens (including phenoxy) is 7. The molecule has 2 heterocycles. The van der Waals surface area contributed by atoms with Crippen LogP contribution in [0.1, 0.15) is 278 Å². The summed E-state index contributed by atoms with van der Waals surface area (Å²) < 4.78 is 79.2. The van der Waals surface area contributed by atoms with Crippen LogP contribution in [-0.2, 0) is 65.7 Å². The molecule has 2 rings (SSSR count). The summed E-state index contributed by atoms with van der Waals surface area (Å²) in [4.78, 5) is 82.1. The van der Waals surface area contributed by atoms with Crippen LogP contribution in [-0.4, -0.2) is 150 Å². The summed E-state index contributed by atoms with van der Waals surface area (Å²) in [6.07, 6.45) is 28.2. The molecule has 11 atom stereocenters. The lowest BCUT2D eigenvalue weighted by molar-refractivity contribution is -0.301. The Balaban J connectivity index is 2.46. The Kier molecular flexibility index (Phi) is 48.3. The summed E-state index contributed by atoms with van der Waals surface area (Å²) >= 11 is 0. The number of nitrogens with one attached hydrogen (secondary N) is 2. The molecule has 518 valence electrons. The lowest BCUT2D eigenvalue weighted by Gasteiger charge is -2.47. The van der Waals surface area contributed by atoms with Gasteiger partial charge in [-0.2, -0.15) is 0 Å². The van der Waals surface area contributed by atoms with Crippen molar-refractivity contribution in [3.05, 3.63) is 12.2 Å². The molecule has 2 fully saturated rings. The number of amides is 2. The van der Waals surface area contributed by atoms with Gasteiger partial charge in [-0.15, -0.1) is 0 Å². The Morgan fingerprint density at radius 3 is 1.47 bits per heavy atom. The molecule has 0 aliphatic carbocycles. The van der Waals surface area contributed by atoms with Crippen molar-refractivity contribution in [2.75, 3.05) is 40.6 Å². The number of Topliss-reactive ketones (excluding diaryl/α,β-unsaturated/α-hetero) is 1. The predicted molar refractivity (Wildman–Crippen MR) is 342 cm³/mol. The molecule has 2 aliphatic rings. The molecular weight excluding hydrogens is 1170 g/mol. The molecule has 7 N–H and O–H groups in total. The number of phosphoric acid groups is 2. The second-order valence-electron chi connectivity index (χ2n) is 24.5. The number of hydrogen-bond acceptors (Lipinski definition) is 15. The summed E-state index contributed by atoms with van der Waals surface area (Å²) in [5.41, 5.74) is 0. The van der Waals surface area contributed by atoms with Crippen LogP contribution in [0, 0.1) is 0 Å². The summed E-state index contributed by atoms with van der Waals surface area (Å²) in [7, 11) is -7.69. The van der Waals surface area contributed by atoms with E-state index in [9.17, 15) is 48.2 Å². The van der Waals surface area contributed by atoms with Crippen LogP contribution in [0.5, 0.6) is 0 Å². The molecule has 0 saturated carbocycles. The highest BCUT2D eigenvalue weighted by Gasteiger charge is 2.53. The number of aliphatic hydroxyl groups is 1. The van der Waals surface area contributed by atoms with Crippen LogP contribution in [0.25, 0.3) is 0 Å². The van der Waals surface area contributed by atoms with Crippen LogP contribution < -0.4 is 10.6 Å². The molecule has 0 spiro atoms. The zero-order chi connectivity index (χ0) is 64.7. The Morgan fingerprint density at radius 2 is 0.932 bits per heavy atom. The monoisotopic (exact) mass is 1300 g/mol. The minimum absolute atomic E-state index is 0.00831. The van der Waals surface area contributed by atoms with Crippen LogP contribution >= 0.6 is 15.6 Å². The maximum atomic E-state index is 14.1. The van der Waals surface area contributed by atoms with Crippen LogP contribution in [0.2, 0.25) is 0 Å². The molecule has 2 aliphatic heterocycles. The average molecular weight is 1300 g/mol. The quantitative estimate of drug-likeness (QED) is 0.0129. The van der Waals surface area contributed by atoms with Crippen LogP contribution in [0.4, 0.5) is 0 Å². The molecule has 2 saturated heterocycles. The number of hydrogen-bond donors (Lipinski definition) is 7. The van der Waals surface area contributed by atoms with E-state index in [1.807, 2.05) is 0 Å². The van der Waals surface area contributed by atoms with Crippen molar-refractivity contribution in [3.8, 4) is 0 Å². The fourth-order valence-electron chi connectivity index (χ4n) is 11.5. The van der Waals surface area contributed by atoms with Gasteiger partial charge in [0.1, 0.15) is 54.5 Å². The van der Waals surface area contributed by atoms with Crippen molar-refractivity contribution < 1.29 is 90.4 Å². The molecule has 0 aromatic rings. The molecule has 0 radical (unpaired) electrons. The number of carbonyl (C=O) groups is 3. The molecule has 21 nitrogen and oxygen atoms in total. The molecule has 0 bridgehead atoms. The van der Waals surface area contributed by atoms with Crippen molar-refractivity contribution in [2.45, 2.75) is 345 Å². The van der Waals surface area contributed by atoms with Crippen molar-refractivity contribution in [1.29, 1.82) is 0 Å². The summed E-state index contributed by atoms with van der Waals surface area (Å²) in [6, 6.07) is -2.84. The van der Waals surface area contributed by atoms with Gasteiger partial charge >= 0.3 is 15.6 Å². The topological polar surface area (TPSA) is 294 Å². The maximum Gasteiger partial charge on any atom is 0.472 e. The van der Waals surface area contributed by atoms with Gasteiger partial charge in [0.05, 0.1) is 25.7 Å². The van der Waals surface area contributed by atoms with Gasteiger partial charge in [0.2, 0.25) is 11.8 Å². The van der Waals surface area contributed by atoms with Gasteiger partial charge in [-0.1, -0.05) is 213 Å². The fraction of sp³-hybridized carbons (Fsp3) is 0.923. The number of rotatable bonds is 58. The number of ketones is 1. The normalized spacial score (nSPS) is 23.0. The van der Waals surface area contributed by atoms with Crippen molar-refractivity contribution in [3.63, 3.8) is 0 Å². The van der Waals surface area contributed by atoms with Gasteiger partial charge in [0.25, 0.3) is 0 Å². The predicted octanol–water partition coefficient (Wildman–Crippen LogP) is 13.2. The van der Waals surface area contributed by atoms with E-state index in [4.69, 9.17) is 42.2 Å². The summed E-state index contributed by atoms with van der Waals surface area (Å²) in [6.45, 7) is 7.90. The molecular formula is C65H124N2O19P2. The zero-order valence-corrected chi connectivity index (χ0v) is 57.0. The van der Waals surface area contributed by atoms with Crippen LogP contribution in [0.15, 0.2) is 12.2 Å². The van der Waals surface area contributed by atoms with E-state index < -0.39 is 102 Å². The Morgan fingerprint density at radius 1 is 0.477 bits per heavy atom. The second-order valence-corrected chi connectivity index (χ2v) is 26.9. The first kappa shape index (κ1) is 82.3. The van der Waals surface area contributed by atoms with E-state index in [1.54, 1.807) is 7.11 Å². The van der Waals surface area contributed by atoms with E-state index >= 15 is 0 Å². The summed E-state index contributed by atoms with van der Waals surface area (Å²) in [5.74, 6) is -1.52. The number of carbonyl (C=O) groups excluding carboxylic acids is 3. The first-order valence-electron chi connectivity index (χ1n) is 34.5. The van der Waals surface area contributed by atoms with Gasteiger partial charge in [0.15, 0.2) is 12.6 Å². The number of allylic oxidation sites excluding steroid dienone is 2. The zero-order valence-electron chi connectivity index (χ0n) is 55.3. The van der Waals surface area contributed by atoms with Gasteiger partial charge in [-0.3, -0.25) is 23.4 Å². The maximum absolute atomic E-state index is 14.1. The minimum Gasteiger partial charge on any atom is -0.388 e. The number of unbranched alkanes of at least 4 members (excludes halogenated alkanes) is 29. The summed E-state index contributed by atoms with van der Waals surface area (Å²) in [5, 5.41) is 17.9. The van der Waals surface area contributed by atoms with Gasteiger partial charge in [-0.25, -0.2) is 9.13 Å². The van der Waals surface area contributed by atoms with Crippen molar-refractivity contribution in [2.24, 2.45) is 0 Å². The van der Waals surface area contributed by atoms with Crippen molar-refractivity contribution in [1.82, 2.24) is 10.6 Å². The minimum atomic E-state index is -5.39. The Labute approximate surface area is 530 Å². The molecule has 88 heavy (non-hydrogen) atoms. The number of phosphoric ester groups is 2. The van der Waals surface area contributed by atoms with Crippen LogP contribution in [0.3, 0.4) is 0 Å². The SMILES string of the molecule is CCCCCC/C=C/CCCCCCCCC(=O)NC1C(OCC2OC(OP(=O)(O)O)C(NC(=O)CC(=O)CCCCCCCCCCC)C(OCCCCCCCCCC)C2O)OC(COC)C(OP(=O)(O)O)C1OCCC(CCCCCCC)OC. The third-order valence-corrected chi connectivity index (χ3v) is 17.6. The van der Waals surface area contributed by atoms with E-state index in [2.05, 4.69) is 50.5 Å². The number of methoxy groups -OCH3 is 2.